The maximum absolute atomic E-state index is 12.8. The molecule has 136 valence electrons. The number of hydrogen-bond donors (Lipinski definition) is 0. The standard InChI is InChI=1S/C21H23BF2O2/c1-14(2)16-5-9-18(10-6-16)20(25)13-21(26-22(23)24)19-11-7-17(8-12-19)15(3)4/h5-15H,1-4H3/b21-13-. The van der Waals surface area contributed by atoms with Crippen LogP contribution < -0.4 is 0 Å². The number of ketones is 1. The van der Waals surface area contributed by atoms with Crippen LogP contribution in [0.15, 0.2) is 54.6 Å². The number of rotatable bonds is 7. The Balaban J connectivity index is 2.31. The first kappa shape index (κ1) is 19.9. The van der Waals surface area contributed by atoms with E-state index in [4.69, 9.17) is 0 Å². The molecule has 0 fully saturated rings. The minimum Gasteiger partial charge on any atom is -0.505 e. The van der Waals surface area contributed by atoms with E-state index in [-0.39, 0.29) is 11.5 Å². The molecular weight excluding hydrogens is 333 g/mol. The Morgan fingerprint density at radius 1 is 0.846 bits per heavy atom. The Morgan fingerprint density at radius 2 is 1.27 bits per heavy atom. The summed E-state index contributed by atoms with van der Waals surface area (Å²) in [6, 6.07) is 14.2. The molecule has 0 spiro atoms. The van der Waals surface area contributed by atoms with Crippen molar-refractivity contribution in [2.75, 3.05) is 0 Å². The van der Waals surface area contributed by atoms with Gasteiger partial charge in [-0.1, -0.05) is 76.2 Å². The van der Waals surface area contributed by atoms with Crippen LogP contribution in [0.3, 0.4) is 0 Å². The van der Waals surface area contributed by atoms with Gasteiger partial charge in [-0.25, -0.2) is 8.63 Å². The molecule has 0 heterocycles. The SMILES string of the molecule is CC(C)c1ccc(C(=O)/C=C(\OB(F)F)c2ccc(C(C)C)cc2)cc1. The number of carbonyl (C=O) groups excluding carboxylic acids is 1. The van der Waals surface area contributed by atoms with Gasteiger partial charge < -0.3 is 4.65 Å². The van der Waals surface area contributed by atoms with Crippen LogP contribution in [0, 0.1) is 0 Å². The highest BCUT2D eigenvalue weighted by Crippen LogP contribution is 2.23. The van der Waals surface area contributed by atoms with Gasteiger partial charge in [-0.3, -0.25) is 4.79 Å². The van der Waals surface area contributed by atoms with E-state index in [1.807, 2.05) is 38.1 Å². The van der Waals surface area contributed by atoms with Crippen LogP contribution in [0.4, 0.5) is 8.63 Å². The number of benzene rings is 2. The molecule has 0 amide bonds. The lowest BCUT2D eigenvalue weighted by Gasteiger charge is -2.11. The van der Waals surface area contributed by atoms with E-state index in [1.165, 1.54) is 0 Å². The van der Waals surface area contributed by atoms with Crippen LogP contribution >= 0.6 is 0 Å². The normalized spacial score (nSPS) is 11.8. The molecule has 0 N–H and O–H groups in total. The lowest BCUT2D eigenvalue weighted by atomic mass is 9.99. The minimum atomic E-state index is -3.00. The molecule has 0 aromatic heterocycles. The first-order valence-electron chi connectivity index (χ1n) is 8.69. The Kier molecular flexibility index (Phi) is 6.73. The number of allylic oxidation sites excluding steroid dienone is 1. The fourth-order valence-corrected chi connectivity index (χ4v) is 2.55. The fourth-order valence-electron chi connectivity index (χ4n) is 2.55. The highest BCUT2D eigenvalue weighted by molar-refractivity contribution is 6.36. The smallest absolute Gasteiger partial charge is 0.505 e. The summed E-state index contributed by atoms with van der Waals surface area (Å²) in [7, 11) is -3.00. The summed E-state index contributed by atoms with van der Waals surface area (Å²) in [6.45, 7) is 8.22. The van der Waals surface area contributed by atoms with Crippen molar-refractivity contribution in [2.45, 2.75) is 39.5 Å². The summed E-state index contributed by atoms with van der Waals surface area (Å²) < 4.78 is 30.2. The average molecular weight is 356 g/mol. The largest absolute Gasteiger partial charge is 0.796 e. The molecule has 0 saturated heterocycles. The summed E-state index contributed by atoms with van der Waals surface area (Å²) >= 11 is 0. The van der Waals surface area contributed by atoms with Gasteiger partial charge in [0.25, 0.3) is 0 Å². The third kappa shape index (κ3) is 5.28. The Bertz CT molecular complexity index is 764. The van der Waals surface area contributed by atoms with Crippen molar-refractivity contribution >= 4 is 19.0 Å². The van der Waals surface area contributed by atoms with Crippen LogP contribution in [0.25, 0.3) is 5.76 Å². The fraction of sp³-hybridized carbons (Fsp3) is 0.286. The van der Waals surface area contributed by atoms with E-state index in [2.05, 4.69) is 18.5 Å². The molecule has 0 aliphatic carbocycles. The first-order chi connectivity index (χ1) is 12.3. The molecule has 0 aliphatic rings. The zero-order valence-corrected chi connectivity index (χ0v) is 15.5. The highest BCUT2D eigenvalue weighted by atomic mass is 19.2. The van der Waals surface area contributed by atoms with Gasteiger partial charge in [0.15, 0.2) is 5.78 Å². The number of carbonyl (C=O) groups is 1. The van der Waals surface area contributed by atoms with Gasteiger partial charge in [0, 0.05) is 17.2 Å². The van der Waals surface area contributed by atoms with E-state index >= 15 is 0 Å². The van der Waals surface area contributed by atoms with Crippen molar-refractivity contribution in [1.82, 2.24) is 0 Å². The number of halogens is 2. The molecule has 0 bridgehead atoms. The molecule has 2 aromatic rings. The van der Waals surface area contributed by atoms with Crippen molar-refractivity contribution in [3.05, 3.63) is 76.9 Å². The molecule has 2 rings (SSSR count). The Morgan fingerprint density at radius 3 is 1.65 bits per heavy atom. The summed E-state index contributed by atoms with van der Waals surface area (Å²) in [6.07, 6.45) is 1.13. The van der Waals surface area contributed by atoms with E-state index in [0.717, 1.165) is 17.2 Å². The van der Waals surface area contributed by atoms with Crippen molar-refractivity contribution in [3.8, 4) is 0 Å². The highest BCUT2D eigenvalue weighted by Gasteiger charge is 2.21. The zero-order chi connectivity index (χ0) is 19.3. The molecule has 0 unspecified atom stereocenters. The summed E-state index contributed by atoms with van der Waals surface area (Å²) in [4.78, 5) is 12.5. The maximum Gasteiger partial charge on any atom is 0.796 e. The zero-order valence-electron chi connectivity index (χ0n) is 15.5. The molecule has 2 aromatic carbocycles. The van der Waals surface area contributed by atoms with Gasteiger partial charge in [0.05, 0.1) is 0 Å². The molecule has 0 saturated carbocycles. The third-order valence-corrected chi connectivity index (χ3v) is 4.20. The van der Waals surface area contributed by atoms with Gasteiger partial charge in [-0.2, -0.15) is 0 Å². The summed E-state index contributed by atoms with van der Waals surface area (Å²) in [5, 5.41) is 0. The molecule has 0 aliphatic heterocycles. The maximum atomic E-state index is 12.8. The lowest BCUT2D eigenvalue weighted by Crippen LogP contribution is -2.07. The second-order valence-electron chi connectivity index (χ2n) is 6.80. The summed E-state index contributed by atoms with van der Waals surface area (Å²) in [5.74, 6) is 0.178. The van der Waals surface area contributed by atoms with Gasteiger partial charge in [0.2, 0.25) is 0 Å². The van der Waals surface area contributed by atoms with Crippen LogP contribution in [-0.4, -0.2) is 13.3 Å². The van der Waals surface area contributed by atoms with E-state index < -0.39 is 7.47 Å². The molecule has 0 atom stereocenters. The minimum absolute atomic E-state index is 0.131. The molecule has 5 heteroatoms. The third-order valence-electron chi connectivity index (χ3n) is 4.20. The quantitative estimate of drug-likeness (QED) is 0.259. The Labute approximate surface area is 154 Å². The lowest BCUT2D eigenvalue weighted by molar-refractivity contribution is 0.104. The van der Waals surface area contributed by atoms with Crippen molar-refractivity contribution in [1.29, 1.82) is 0 Å². The van der Waals surface area contributed by atoms with Crippen LogP contribution in [0.2, 0.25) is 0 Å². The van der Waals surface area contributed by atoms with Crippen LogP contribution in [0.5, 0.6) is 0 Å². The van der Waals surface area contributed by atoms with Gasteiger partial charge in [0.1, 0.15) is 5.76 Å². The Hall–Kier alpha value is -2.43. The van der Waals surface area contributed by atoms with Gasteiger partial charge in [-0.05, 0) is 23.0 Å². The molecule has 0 radical (unpaired) electrons. The second-order valence-corrected chi connectivity index (χ2v) is 6.80. The van der Waals surface area contributed by atoms with Crippen LogP contribution in [0.1, 0.15) is 66.6 Å². The van der Waals surface area contributed by atoms with Gasteiger partial charge in [-0.15, -0.1) is 0 Å². The first-order valence-corrected chi connectivity index (χ1v) is 8.69. The van der Waals surface area contributed by atoms with Gasteiger partial charge >= 0.3 is 7.47 Å². The van der Waals surface area contributed by atoms with Crippen molar-refractivity contribution < 1.29 is 18.1 Å². The molecular formula is C21H23BF2O2. The second kappa shape index (κ2) is 8.79. The predicted molar refractivity (Wildman–Crippen MR) is 102 cm³/mol. The van der Waals surface area contributed by atoms with Crippen molar-refractivity contribution in [3.63, 3.8) is 0 Å². The van der Waals surface area contributed by atoms with E-state index in [1.54, 1.807) is 24.3 Å². The topological polar surface area (TPSA) is 26.3 Å². The predicted octanol–water partition coefficient (Wildman–Crippen LogP) is 6.10. The number of hydrogen-bond acceptors (Lipinski definition) is 2. The summed E-state index contributed by atoms with van der Waals surface area (Å²) in [5.41, 5.74) is 3.07. The van der Waals surface area contributed by atoms with E-state index in [0.29, 0.717) is 23.0 Å². The van der Waals surface area contributed by atoms with Crippen LogP contribution in [-0.2, 0) is 4.65 Å². The molecule has 2 nitrogen and oxygen atoms in total. The van der Waals surface area contributed by atoms with E-state index in [9.17, 15) is 13.4 Å². The van der Waals surface area contributed by atoms with Crippen molar-refractivity contribution in [2.24, 2.45) is 0 Å². The monoisotopic (exact) mass is 356 g/mol. The molecule has 26 heavy (non-hydrogen) atoms. The average Bonchev–Trinajstić information content (AvgIpc) is 2.60.